The van der Waals surface area contributed by atoms with Gasteiger partial charge < -0.3 is 10.4 Å². The van der Waals surface area contributed by atoms with Crippen LogP contribution in [0.25, 0.3) is 0 Å². The van der Waals surface area contributed by atoms with E-state index in [0.29, 0.717) is 6.54 Å². The molecule has 0 saturated carbocycles. The molecule has 1 aromatic carbocycles. The summed E-state index contributed by atoms with van der Waals surface area (Å²) in [7, 11) is 0. The van der Waals surface area contributed by atoms with Gasteiger partial charge in [-0.2, -0.15) is 0 Å². The first-order chi connectivity index (χ1) is 7.50. The van der Waals surface area contributed by atoms with Gasteiger partial charge in [-0.3, -0.25) is 4.79 Å². The summed E-state index contributed by atoms with van der Waals surface area (Å²) in [5.41, 5.74) is 3.74. The number of rotatable bonds is 4. The van der Waals surface area contributed by atoms with E-state index >= 15 is 0 Å². The average molecular weight is 221 g/mol. The molecule has 16 heavy (non-hydrogen) atoms. The van der Waals surface area contributed by atoms with Crippen molar-refractivity contribution < 1.29 is 9.90 Å². The Balaban J connectivity index is 2.43. The molecule has 0 radical (unpaired) electrons. The minimum Gasteiger partial charge on any atom is -0.384 e. The Kier molecular flexibility index (Phi) is 4.50. The lowest BCUT2D eigenvalue weighted by Crippen LogP contribution is -2.33. The number of nitrogens with one attached hydrogen (secondary N) is 1. The van der Waals surface area contributed by atoms with Crippen molar-refractivity contribution in [1.82, 2.24) is 5.32 Å². The topological polar surface area (TPSA) is 49.3 Å². The normalized spacial score (nSPS) is 12.2. The van der Waals surface area contributed by atoms with E-state index in [1.807, 2.05) is 0 Å². The molecule has 0 bridgehead atoms. The minimum atomic E-state index is -0.931. The zero-order chi connectivity index (χ0) is 12.1. The first kappa shape index (κ1) is 12.7. The molecule has 3 nitrogen and oxygen atoms in total. The molecule has 0 aliphatic carbocycles. The molecule has 3 heteroatoms. The van der Waals surface area contributed by atoms with Gasteiger partial charge in [0.25, 0.3) is 0 Å². The number of aryl methyl sites for hydroxylation is 2. The summed E-state index contributed by atoms with van der Waals surface area (Å²) in [4.78, 5) is 11.1. The van der Waals surface area contributed by atoms with Crippen molar-refractivity contribution in [2.75, 3.05) is 6.54 Å². The van der Waals surface area contributed by atoms with Crippen LogP contribution < -0.4 is 5.32 Å². The zero-order valence-corrected chi connectivity index (χ0v) is 10.1. The molecule has 88 valence electrons. The molecule has 0 aliphatic heterocycles. The van der Waals surface area contributed by atoms with Crippen molar-refractivity contribution in [3.05, 3.63) is 34.9 Å². The van der Waals surface area contributed by atoms with Crippen LogP contribution in [0.4, 0.5) is 0 Å². The van der Waals surface area contributed by atoms with Gasteiger partial charge in [-0.1, -0.05) is 18.2 Å². The van der Waals surface area contributed by atoms with E-state index in [-0.39, 0.29) is 5.91 Å². The number of aliphatic hydroxyl groups excluding tert-OH is 1. The van der Waals surface area contributed by atoms with Gasteiger partial charge in [-0.15, -0.1) is 0 Å². The summed E-state index contributed by atoms with van der Waals surface area (Å²) in [6.45, 7) is 6.18. The molecule has 1 unspecified atom stereocenters. The Morgan fingerprint density at radius 3 is 2.62 bits per heavy atom. The first-order valence-corrected chi connectivity index (χ1v) is 5.52. The SMILES string of the molecule is Cc1ccc(CCNC(=O)C(C)O)cc1C. The third-order valence-electron chi connectivity index (χ3n) is 2.66. The average Bonchev–Trinajstić information content (AvgIpc) is 2.23. The van der Waals surface area contributed by atoms with Crippen molar-refractivity contribution in [2.24, 2.45) is 0 Å². The van der Waals surface area contributed by atoms with Crippen molar-refractivity contribution in [2.45, 2.75) is 33.3 Å². The summed E-state index contributed by atoms with van der Waals surface area (Å²) in [6, 6.07) is 6.28. The molecule has 0 heterocycles. The van der Waals surface area contributed by atoms with Gasteiger partial charge in [0, 0.05) is 6.54 Å². The molecular formula is C13H19NO2. The lowest BCUT2D eigenvalue weighted by Gasteiger charge is -2.08. The van der Waals surface area contributed by atoms with E-state index in [2.05, 4.69) is 37.4 Å². The van der Waals surface area contributed by atoms with Gasteiger partial charge in [0.2, 0.25) is 5.91 Å². The summed E-state index contributed by atoms with van der Waals surface area (Å²) in [5, 5.41) is 11.7. The van der Waals surface area contributed by atoms with Crippen LogP contribution in [0.2, 0.25) is 0 Å². The Morgan fingerprint density at radius 2 is 2.06 bits per heavy atom. The molecule has 0 fully saturated rings. The monoisotopic (exact) mass is 221 g/mol. The number of benzene rings is 1. The summed E-state index contributed by atoms with van der Waals surface area (Å²) in [5.74, 6) is -0.316. The van der Waals surface area contributed by atoms with Crippen LogP contribution >= 0.6 is 0 Å². The number of hydrogen-bond donors (Lipinski definition) is 2. The van der Waals surface area contributed by atoms with Crippen LogP contribution in [-0.2, 0) is 11.2 Å². The standard InChI is InChI=1S/C13H19NO2/c1-9-4-5-12(8-10(9)2)6-7-14-13(16)11(3)15/h4-5,8,11,15H,6-7H2,1-3H3,(H,14,16). The highest BCUT2D eigenvalue weighted by Crippen LogP contribution is 2.09. The predicted octanol–water partition coefficient (Wildman–Crippen LogP) is 1.34. The molecule has 0 spiro atoms. The Labute approximate surface area is 96.5 Å². The lowest BCUT2D eigenvalue weighted by atomic mass is 10.0. The van der Waals surface area contributed by atoms with Crippen LogP contribution in [0.5, 0.6) is 0 Å². The highest BCUT2D eigenvalue weighted by atomic mass is 16.3. The Hall–Kier alpha value is -1.35. The maximum absolute atomic E-state index is 11.1. The van der Waals surface area contributed by atoms with Gasteiger partial charge in [-0.05, 0) is 43.9 Å². The Morgan fingerprint density at radius 1 is 1.38 bits per heavy atom. The molecule has 1 aromatic rings. The molecule has 1 amide bonds. The Bertz CT molecular complexity index is 372. The molecule has 0 aliphatic rings. The molecule has 0 aromatic heterocycles. The van der Waals surface area contributed by atoms with E-state index in [0.717, 1.165) is 6.42 Å². The van der Waals surface area contributed by atoms with Crippen LogP contribution in [0.3, 0.4) is 0 Å². The van der Waals surface area contributed by atoms with E-state index < -0.39 is 6.10 Å². The first-order valence-electron chi connectivity index (χ1n) is 5.52. The van der Waals surface area contributed by atoms with Crippen molar-refractivity contribution in [3.8, 4) is 0 Å². The molecule has 2 N–H and O–H groups in total. The number of aliphatic hydroxyl groups is 1. The van der Waals surface area contributed by atoms with E-state index in [1.54, 1.807) is 0 Å². The quantitative estimate of drug-likeness (QED) is 0.806. The molecule has 0 saturated heterocycles. The summed E-state index contributed by atoms with van der Waals surface area (Å²) >= 11 is 0. The number of amides is 1. The fraction of sp³-hybridized carbons (Fsp3) is 0.462. The van der Waals surface area contributed by atoms with E-state index in [1.165, 1.54) is 23.6 Å². The van der Waals surface area contributed by atoms with Crippen molar-refractivity contribution >= 4 is 5.91 Å². The highest BCUT2D eigenvalue weighted by Gasteiger charge is 2.06. The largest absolute Gasteiger partial charge is 0.384 e. The fourth-order valence-corrected chi connectivity index (χ4v) is 1.44. The van der Waals surface area contributed by atoms with Crippen LogP contribution in [0.15, 0.2) is 18.2 Å². The minimum absolute atomic E-state index is 0.316. The van der Waals surface area contributed by atoms with E-state index in [4.69, 9.17) is 5.11 Å². The van der Waals surface area contributed by atoms with Crippen LogP contribution in [-0.4, -0.2) is 23.7 Å². The van der Waals surface area contributed by atoms with E-state index in [9.17, 15) is 4.79 Å². The van der Waals surface area contributed by atoms with Crippen LogP contribution in [0.1, 0.15) is 23.6 Å². The van der Waals surface area contributed by atoms with Gasteiger partial charge in [0.05, 0.1) is 0 Å². The zero-order valence-electron chi connectivity index (χ0n) is 10.1. The summed E-state index contributed by atoms with van der Waals surface area (Å²) in [6.07, 6.45) is -0.140. The maximum atomic E-state index is 11.1. The second-order valence-electron chi connectivity index (χ2n) is 4.14. The third kappa shape index (κ3) is 3.66. The van der Waals surface area contributed by atoms with Crippen molar-refractivity contribution in [3.63, 3.8) is 0 Å². The number of carbonyl (C=O) groups is 1. The molecule has 1 atom stereocenters. The fourth-order valence-electron chi connectivity index (χ4n) is 1.44. The molecule has 1 rings (SSSR count). The molecular weight excluding hydrogens is 202 g/mol. The summed E-state index contributed by atoms with van der Waals surface area (Å²) < 4.78 is 0. The van der Waals surface area contributed by atoms with Crippen molar-refractivity contribution in [1.29, 1.82) is 0 Å². The van der Waals surface area contributed by atoms with Gasteiger partial charge in [-0.25, -0.2) is 0 Å². The predicted molar refractivity (Wildman–Crippen MR) is 64.3 cm³/mol. The smallest absolute Gasteiger partial charge is 0.248 e. The number of hydrogen-bond acceptors (Lipinski definition) is 2. The number of carbonyl (C=O) groups excluding carboxylic acids is 1. The maximum Gasteiger partial charge on any atom is 0.248 e. The highest BCUT2D eigenvalue weighted by molar-refractivity contribution is 5.79. The second kappa shape index (κ2) is 5.66. The van der Waals surface area contributed by atoms with Crippen LogP contribution in [0, 0.1) is 13.8 Å². The van der Waals surface area contributed by atoms with Gasteiger partial charge in [0.1, 0.15) is 6.10 Å². The van der Waals surface area contributed by atoms with Gasteiger partial charge in [0.15, 0.2) is 0 Å². The third-order valence-corrected chi connectivity index (χ3v) is 2.66. The van der Waals surface area contributed by atoms with Gasteiger partial charge >= 0.3 is 0 Å². The lowest BCUT2D eigenvalue weighted by molar-refractivity contribution is -0.128. The second-order valence-corrected chi connectivity index (χ2v) is 4.14.